The van der Waals surface area contributed by atoms with E-state index in [2.05, 4.69) is 38.2 Å². The number of hydrogen-bond acceptors (Lipinski definition) is 7. The van der Waals surface area contributed by atoms with Crippen molar-refractivity contribution in [1.82, 2.24) is 0 Å². The lowest BCUT2D eigenvalue weighted by molar-refractivity contribution is -0.870. The molecule has 0 aromatic rings. The molecule has 66 heavy (non-hydrogen) atoms. The first-order valence-electron chi connectivity index (χ1n) is 28.1. The molecule has 10 heteroatoms. The van der Waals surface area contributed by atoms with Crippen LogP contribution in [0.2, 0.25) is 0 Å². The number of phosphoric ester groups is 1. The highest BCUT2D eigenvalue weighted by Gasteiger charge is 2.27. The van der Waals surface area contributed by atoms with E-state index in [0.717, 1.165) is 32.1 Å². The van der Waals surface area contributed by atoms with Gasteiger partial charge in [-0.1, -0.05) is 237 Å². The molecule has 0 aliphatic carbocycles. The lowest BCUT2D eigenvalue weighted by Gasteiger charge is -2.24. The van der Waals surface area contributed by atoms with Gasteiger partial charge in [-0.25, -0.2) is 4.57 Å². The number of ether oxygens (including phenoxy) is 2. The van der Waals surface area contributed by atoms with Crippen molar-refractivity contribution < 1.29 is 42.1 Å². The Morgan fingerprint density at radius 1 is 0.455 bits per heavy atom. The SMILES string of the molecule is CCCCCCCCCCCCCCCC/C=C/CC/C=C/CCCC(=O)OC[C@H](COP(=O)(O)OCC[N+](C)(C)C)OC(=O)CCCCCCCCCCCCCCCCCCCCC. The summed E-state index contributed by atoms with van der Waals surface area (Å²) >= 11 is 0. The molecule has 0 saturated carbocycles. The van der Waals surface area contributed by atoms with Crippen LogP contribution in [0.5, 0.6) is 0 Å². The average Bonchev–Trinajstić information content (AvgIpc) is 3.27. The van der Waals surface area contributed by atoms with Crippen molar-refractivity contribution in [3.63, 3.8) is 0 Å². The Morgan fingerprint density at radius 2 is 0.803 bits per heavy atom. The molecule has 0 fully saturated rings. The number of unbranched alkanes of at least 4 members (excludes halogenated alkanes) is 34. The first-order chi connectivity index (χ1) is 32.0. The number of rotatable bonds is 52. The molecule has 0 saturated heterocycles. The predicted octanol–water partition coefficient (Wildman–Crippen LogP) is 17.0. The molecule has 0 heterocycles. The van der Waals surface area contributed by atoms with E-state index < -0.39 is 32.5 Å². The summed E-state index contributed by atoms with van der Waals surface area (Å²) < 4.78 is 34.5. The Morgan fingerprint density at radius 3 is 1.21 bits per heavy atom. The number of nitrogens with zero attached hydrogens (tertiary/aromatic N) is 1. The first kappa shape index (κ1) is 64.5. The zero-order valence-corrected chi connectivity index (χ0v) is 45.1. The van der Waals surface area contributed by atoms with Crippen molar-refractivity contribution >= 4 is 19.8 Å². The van der Waals surface area contributed by atoms with Crippen LogP contribution < -0.4 is 0 Å². The van der Waals surface area contributed by atoms with Gasteiger partial charge in [0.05, 0.1) is 27.7 Å². The highest BCUT2D eigenvalue weighted by molar-refractivity contribution is 7.47. The van der Waals surface area contributed by atoms with E-state index in [0.29, 0.717) is 23.9 Å². The lowest BCUT2D eigenvalue weighted by Crippen LogP contribution is -2.37. The third kappa shape index (κ3) is 51.9. The molecule has 2 atom stereocenters. The van der Waals surface area contributed by atoms with Crippen molar-refractivity contribution in [2.45, 2.75) is 277 Å². The molecule has 0 aliphatic rings. The van der Waals surface area contributed by atoms with Crippen molar-refractivity contribution in [2.24, 2.45) is 0 Å². The number of allylic oxidation sites excluding steroid dienone is 4. The van der Waals surface area contributed by atoms with Gasteiger partial charge in [0.2, 0.25) is 0 Å². The van der Waals surface area contributed by atoms with Crippen molar-refractivity contribution in [3.05, 3.63) is 24.3 Å². The predicted molar refractivity (Wildman–Crippen MR) is 280 cm³/mol. The van der Waals surface area contributed by atoms with Crippen LogP contribution in [0, 0.1) is 0 Å². The van der Waals surface area contributed by atoms with Crippen LogP contribution >= 0.6 is 7.82 Å². The topological polar surface area (TPSA) is 108 Å². The molecule has 0 aromatic heterocycles. The fourth-order valence-electron chi connectivity index (χ4n) is 8.10. The van der Waals surface area contributed by atoms with E-state index in [9.17, 15) is 19.0 Å². The van der Waals surface area contributed by atoms with Gasteiger partial charge in [-0.3, -0.25) is 18.6 Å². The highest BCUT2D eigenvalue weighted by Crippen LogP contribution is 2.43. The Labute approximate surface area is 409 Å². The third-order valence-corrected chi connectivity index (χ3v) is 13.4. The molecule has 0 bridgehead atoms. The molecule has 0 radical (unpaired) electrons. The van der Waals surface area contributed by atoms with Crippen molar-refractivity contribution in [3.8, 4) is 0 Å². The summed E-state index contributed by atoms with van der Waals surface area (Å²) in [4.78, 5) is 35.6. The maximum atomic E-state index is 12.8. The Balaban J connectivity index is 4.21. The van der Waals surface area contributed by atoms with E-state index in [1.54, 1.807) is 0 Å². The number of carbonyl (C=O) groups is 2. The summed E-state index contributed by atoms with van der Waals surface area (Å²) in [6, 6.07) is 0. The molecular formula is C56H109NO8P+. The van der Waals surface area contributed by atoms with Gasteiger partial charge in [0, 0.05) is 12.8 Å². The summed E-state index contributed by atoms with van der Waals surface area (Å²) in [5, 5.41) is 0. The number of carbonyl (C=O) groups excluding carboxylic acids is 2. The van der Waals surface area contributed by atoms with E-state index in [4.69, 9.17) is 18.5 Å². The average molecular weight is 955 g/mol. The molecule has 390 valence electrons. The quantitative estimate of drug-likeness (QED) is 0.0211. The van der Waals surface area contributed by atoms with E-state index in [-0.39, 0.29) is 26.1 Å². The summed E-state index contributed by atoms with van der Waals surface area (Å²) in [6.07, 6.45) is 56.8. The zero-order chi connectivity index (χ0) is 48.5. The Hall–Kier alpha value is -1.51. The molecule has 0 amide bonds. The van der Waals surface area contributed by atoms with Gasteiger partial charge in [0.1, 0.15) is 19.8 Å². The maximum absolute atomic E-state index is 12.8. The zero-order valence-electron chi connectivity index (χ0n) is 44.2. The largest absolute Gasteiger partial charge is 0.472 e. The fourth-order valence-corrected chi connectivity index (χ4v) is 8.84. The first-order valence-corrected chi connectivity index (χ1v) is 29.6. The summed E-state index contributed by atoms with van der Waals surface area (Å²) in [5.74, 6) is -0.832. The van der Waals surface area contributed by atoms with Crippen LogP contribution in [0.4, 0.5) is 0 Å². The van der Waals surface area contributed by atoms with Crippen LogP contribution in [0.3, 0.4) is 0 Å². The minimum Gasteiger partial charge on any atom is -0.462 e. The monoisotopic (exact) mass is 955 g/mol. The molecule has 0 aliphatic heterocycles. The summed E-state index contributed by atoms with van der Waals surface area (Å²) in [5.41, 5.74) is 0. The van der Waals surface area contributed by atoms with Crippen molar-refractivity contribution in [2.75, 3.05) is 47.5 Å². The standard InChI is InChI=1S/C56H108NO8P/c1-6-8-10-12-14-16-18-20-22-24-26-27-28-29-31-32-34-36-38-40-42-44-46-48-55(58)62-52-54(53-64-66(60,61)63-51-50-57(3,4)5)65-56(59)49-47-45-43-41-39-37-35-33-30-25-23-21-19-17-15-13-11-9-7-2/h32,34,40,42,54H,6-31,33,35-39,41,43-53H2,1-5H3/p+1/b34-32+,42-40+/t54-/m1/s1. The Kier molecular flexibility index (Phi) is 47.4. The lowest BCUT2D eigenvalue weighted by atomic mass is 10.0. The maximum Gasteiger partial charge on any atom is 0.472 e. The number of phosphoric acid groups is 1. The number of quaternary nitrogens is 1. The van der Waals surface area contributed by atoms with Crippen LogP contribution in [0.15, 0.2) is 24.3 Å². The molecule has 9 nitrogen and oxygen atoms in total. The molecular weight excluding hydrogens is 846 g/mol. The number of esters is 2. The van der Waals surface area contributed by atoms with Gasteiger partial charge < -0.3 is 18.9 Å². The van der Waals surface area contributed by atoms with Gasteiger partial charge in [0.25, 0.3) is 0 Å². The molecule has 1 unspecified atom stereocenters. The van der Waals surface area contributed by atoms with Gasteiger partial charge in [-0.05, 0) is 44.9 Å². The van der Waals surface area contributed by atoms with Gasteiger partial charge >= 0.3 is 19.8 Å². The number of hydrogen-bond donors (Lipinski definition) is 1. The van der Waals surface area contributed by atoms with Gasteiger partial charge in [0.15, 0.2) is 6.10 Å². The Bertz CT molecular complexity index is 1170. The third-order valence-electron chi connectivity index (χ3n) is 12.5. The minimum absolute atomic E-state index is 0.0286. The van der Waals surface area contributed by atoms with E-state index in [1.165, 1.54) is 199 Å². The molecule has 1 N–H and O–H groups in total. The minimum atomic E-state index is -4.39. The highest BCUT2D eigenvalue weighted by atomic mass is 31.2. The van der Waals surface area contributed by atoms with Crippen LogP contribution in [-0.2, 0) is 32.7 Å². The van der Waals surface area contributed by atoms with Crippen LogP contribution in [0.1, 0.15) is 271 Å². The normalized spacial score (nSPS) is 13.5. The van der Waals surface area contributed by atoms with Crippen LogP contribution in [-0.4, -0.2) is 74.9 Å². The number of likely N-dealkylation sites (N-methyl/N-ethyl adjacent to an activating group) is 1. The molecule has 0 rings (SSSR count). The van der Waals surface area contributed by atoms with E-state index in [1.807, 2.05) is 21.1 Å². The second-order valence-electron chi connectivity index (χ2n) is 20.3. The van der Waals surface area contributed by atoms with Gasteiger partial charge in [-0.2, -0.15) is 0 Å². The molecule has 0 spiro atoms. The van der Waals surface area contributed by atoms with Crippen molar-refractivity contribution in [1.29, 1.82) is 0 Å². The second kappa shape index (κ2) is 48.5. The fraction of sp³-hybridized carbons (Fsp3) is 0.893. The van der Waals surface area contributed by atoms with Gasteiger partial charge in [-0.15, -0.1) is 0 Å². The summed E-state index contributed by atoms with van der Waals surface area (Å²) in [7, 11) is 1.47. The molecule has 0 aromatic carbocycles. The summed E-state index contributed by atoms with van der Waals surface area (Å²) in [6.45, 7) is 4.44. The smallest absolute Gasteiger partial charge is 0.462 e. The van der Waals surface area contributed by atoms with Crippen LogP contribution in [0.25, 0.3) is 0 Å². The second-order valence-corrected chi connectivity index (χ2v) is 21.8. The van der Waals surface area contributed by atoms with E-state index >= 15 is 0 Å².